The first-order chi connectivity index (χ1) is 13.9. The van der Waals surface area contributed by atoms with Crippen LogP contribution < -0.4 is 4.90 Å². The van der Waals surface area contributed by atoms with Gasteiger partial charge in [-0.2, -0.15) is 13.2 Å². The maximum Gasteiger partial charge on any atom is 0.416 e. The molecule has 3 aromatic carbocycles. The van der Waals surface area contributed by atoms with Crippen LogP contribution in [0.5, 0.6) is 0 Å². The first kappa shape index (κ1) is 19.2. The van der Waals surface area contributed by atoms with E-state index >= 15 is 0 Å². The molecule has 1 heterocycles. The van der Waals surface area contributed by atoms with E-state index in [1.165, 1.54) is 17.7 Å². The van der Waals surface area contributed by atoms with E-state index in [1.807, 2.05) is 36.4 Å². The third-order valence-corrected chi connectivity index (χ3v) is 5.40. The summed E-state index contributed by atoms with van der Waals surface area (Å²) in [4.78, 5) is 15.1. The van der Waals surface area contributed by atoms with E-state index in [0.29, 0.717) is 11.1 Å². The zero-order chi connectivity index (χ0) is 20.4. The van der Waals surface area contributed by atoms with Crippen LogP contribution in [0, 0.1) is 0 Å². The Balaban J connectivity index is 1.69. The minimum absolute atomic E-state index is 0.0279. The van der Waals surface area contributed by atoms with Crippen molar-refractivity contribution >= 4 is 11.5 Å². The standard InChI is InChI=1S/C24H20F3NO/c25-24(26,27)20-12-10-18(11-13-20)22(16-23(29)19-7-2-1-3-8-19)28-15-14-17-6-4-5-9-21(17)28/h1-13,22H,14-16H2/t22-/m1/s1. The Bertz CT molecular complexity index is 997. The van der Waals surface area contributed by atoms with Crippen LogP contribution >= 0.6 is 0 Å². The number of hydrogen-bond donors (Lipinski definition) is 0. The molecule has 0 amide bonds. The molecule has 0 N–H and O–H groups in total. The van der Waals surface area contributed by atoms with Crippen molar-refractivity contribution in [3.8, 4) is 0 Å². The first-order valence-corrected chi connectivity index (χ1v) is 9.53. The van der Waals surface area contributed by atoms with Gasteiger partial charge in [-0.3, -0.25) is 4.79 Å². The minimum Gasteiger partial charge on any atom is -0.363 e. The van der Waals surface area contributed by atoms with Gasteiger partial charge in [0.05, 0.1) is 11.6 Å². The number of carbonyl (C=O) groups excluding carboxylic acids is 1. The topological polar surface area (TPSA) is 20.3 Å². The van der Waals surface area contributed by atoms with E-state index in [0.717, 1.165) is 30.8 Å². The van der Waals surface area contributed by atoms with Crippen molar-refractivity contribution in [2.24, 2.45) is 0 Å². The summed E-state index contributed by atoms with van der Waals surface area (Å²) < 4.78 is 39.0. The molecule has 1 aliphatic rings. The summed E-state index contributed by atoms with van der Waals surface area (Å²) in [5, 5.41) is 0. The molecule has 148 valence electrons. The van der Waals surface area contributed by atoms with Gasteiger partial charge in [-0.15, -0.1) is 0 Å². The smallest absolute Gasteiger partial charge is 0.363 e. The van der Waals surface area contributed by atoms with E-state index in [9.17, 15) is 18.0 Å². The second-order valence-corrected chi connectivity index (χ2v) is 7.20. The number of Topliss-reactive ketones (excluding diaryl/α,β-unsaturated/α-hetero) is 1. The highest BCUT2D eigenvalue weighted by molar-refractivity contribution is 5.96. The molecule has 0 saturated heterocycles. The zero-order valence-electron chi connectivity index (χ0n) is 15.7. The van der Waals surface area contributed by atoms with Crippen LogP contribution in [-0.2, 0) is 12.6 Å². The zero-order valence-corrected chi connectivity index (χ0v) is 15.7. The number of benzene rings is 3. The molecule has 0 saturated carbocycles. The maximum atomic E-state index is 13.0. The van der Waals surface area contributed by atoms with Crippen molar-refractivity contribution < 1.29 is 18.0 Å². The largest absolute Gasteiger partial charge is 0.416 e. The average Bonchev–Trinajstić information content (AvgIpc) is 3.16. The number of alkyl halides is 3. The van der Waals surface area contributed by atoms with Crippen molar-refractivity contribution in [1.82, 2.24) is 0 Å². The first-order valence-electron chi connectivity index (χ1n) is 9.53. The number of para-hydroxylation sites is 1. The minimum atomic E-state index is -4.38. The Labute approximate surface area is 167 Å². The number of fused-ring (bicyclic) bond motifs is 1. The van der Waals surface area contributed by atoms with E-state index in [4.69, 9.17) is 0 Å². The number of nitrogens with zero attached hydrogens (tertiary/aromatic N) is 1. The molecule has 0 radical (unpaired) electrons. The van der Waals surface area contributed by atoms with Gasteiger partial charge >= 0.3 is 6.18 Å². The third kappa shape index (κ3) is 4.04. The van der Waals surface area contributed by atoms with Crippen molar-refractivity contribution in [3.05, 3.63) is 101 Å². The van der Waals surface area contributed by atoms with Crippen LogP contribution in [0.25, 0.3) is 0 Å². The van der Waals surface area contributed by atoms with Crippen molar-refractivity contribution in [2.75, 3.05) is 11.4 Å². The monoisotopic (exact) mass is 395 g/mol. The molecular weight excluding hydrogens is 375 g/mol. The Hall–Kier alpha value is -3.08. The molecule has 4 rings (SSSR count). The summed E-state index contributed by atoms with van der Waals surface area (Å²) in [5.74, 6) is -0.0279. The highest BCUT2D eigenvalue weighted by atomic mass is 19.4. The molecule has 1 atom stereocenters. The summed E-state index contributed by atoms with van der Waals surface area (Å²) in [6.45, 7) is 0.729. The van der Waals surface area contributed by atoms with Crippen molar-refractivity contribution in [3.63, 3.8) is 0 Å². The summed E-state index contributed by atoms with van der Waals surface area (Å²) in [6.07, 6.45) is -3.33. The molecule has 29 heavy (non-hydrogen) atoms. The third-order valence-electron chi connectivity index (χ3n) is 5.40. The van der Waals surface area contributed by atoms with Crippen molar-refractivity contribution in [2.45, 2.75) is 25.1 Å². The van der Waals surface area contributed by atoms with Crippen LogP contribution in [0.1, 0.15) is 39.5 Å². The van der Waals surface area contributed by atoms with Crippen LogP contribution in [0.15, 0.2) is 78.9 Å². The molecule has 0 aliphatic carbocycles. The Morgan fingerprint density at radius 1 is 0.897 bits per heavy atom. The Kier molecular flexibility index (Phi) is 5.14. The van der Waals surface area contributed by atoms with E-state index in [-0.39, 0.29) is 18.2 Å². The predicted octanol–water partition coefficient (Wildman–Crippen LogP) is 6.08. The fourth-order valence-corrected chi connectivity index (χ4v) is 3.91. The van der Waals surface area contributed by atoms with Gasteiger partial charge in [0, 0.05) is 24.2 Å². The van der Waals surface area contributed by atoms with Gasteiger partial charge in [0.25, 0.3) is 0 Å². The summed E-state index contributed by atoms with van der Waals surface area (Å²) in [7, 11) is 0. The number of ketones is 1. The molecular formula is C24H20F3NO. The van der Waals surface area contributed by atoms with Gasteiger partial charge in [-0.05, 0) is 35.7 Å². The normalized spacial score (nSPS) is 14.5. The number of anilines is 1. The average molecular weight is 395 g/mol. The van der Waals surface area contributed by atoms with Gasteiger partial charge in [-0.25, -0.2) is 0 Å². The molecule has 0 bridgehead atoms. The Morgan fingerprint density at radius 2 is 1.55 bits per heavy atom. The number of carbonyl (C=O) groups is 1. The lowest BCUT2D eigenvalue weighted by atomic mass is 9.95. The van der Waals surface area contributed by atoms with Crippen LogP contribution in [0.3, 0.4) is 0 Å². The molecule has 0 aromatic heterocycles. The number of rotatable bonds is 5. The molecule has 5 heteroatoms. The van der Waals surface area contributed by atoms with Crippen LogP contribution in [0.4, 0.5) is 18.9 Å². The molecule has 2 nitrogen and oxygen atoms in total. The molecule has 0 unspecified atom stereocenters. The fraction of sp³-hybridized carbons (Fsp3) is 0.208. The van der Waals surface area contributed by atoms with Gasteiger partial charge < -0.3 is 4.90 Å². The van der Waals surface area contributed by atoms with Crippen LogP contribution in [0.2, 0.25) is 0 Å². The molecule has 3 aromatic rings. The highest BCUT2D eigenvalue weighted by Crippen LogP contribution is 2.38. The summed E-state index contributed by atoms with van der Waals surface area (Å²) >= 11 is 0. The van der Waals surface area contributed by atoms with E-state index < -0.39 is 11.7 Å². The maximum absolute atomic E-state index is 13.0. The Morgan fingerprint density at radius 3 is 2.24 bits per heavy atom. The van der Waals surface area contributed by atoms with E-state index in [2.05, 4.69) is 11.0 Å². The van der Waals surface area contributed by atoms with E-state index in [1.54, 1.807) is 12.1 Å². The quantitative estimate of drug-likeness (QED) is 0.488. The predicted molar refractivity (Wildman–Crippen MR) is 107 cm³/mol. The number of halogens is 3. The molecule has 0 fully saturated rings. The van der Waals surface area contributed by atoms with Crippen molar-refractivity contribution in [1.29, 1.82) is 0 Å². The number of hydrogen-bond acceptors (Lipinski definition) is 2. The molecule has 1 aliphatic heterocycles. The SMILES string of the molecule is O=C(C[C@H](c1ccc(C(F)(F)F)cc1)N1CCc2ccccc21)c1ccccc1. The van der Waals surface area contributed by atoms with Crippen LogP contribution in [-0.4, -0.2) is 12.3 Å². The second kappa shape index (κ2) is 7.74. The fourth-order valence-electron chi connectivity index (χ4n) is 3.91. The second-order valence-electron chi connectivity index (χ2n) is 7.20. The van der Waals surface area contributed by atoms with Gasteiger partial charge in [0.2, 0.25) is 0 Å². The van der Waals surface area contributed by atoms with Gasteiger partial charge in [0.15, 0.2) is 5.78 Å². The summed E-state index contributed by atoms with van der Waals surface area (Å²) in [6, 6.07) is 21.8. The van der Waals surface area contributed by atoms with Gasteiger partial charge in [-0.1, -0.05) is 60.7 Å². The highest BCUT2D eigenvalue weighted by Gasteiger charge is 2.32. The lowest BCUT2D eigenvalue weighted by Gasteiger charge is -2.31. The molecule has 0 spiro atoms. The lowest BCUT2D eigenvalue weighted by Crippen LogP contribution is -2.29. The lowest BCUT2D eigenvalue weighted by molar-refractivity contribution is -0.137. The van der Waals surface area contributed by atoms with Gasteiger partial charge in [0.1, 0.15) is 0 Å². The summed E-state index contributed by atoms with van der Waals surface area (Å²) in [5.41, 5.74) is 2.86.